The minimum absolute atomic E-state index is 0.349. The lowest BCUT2D eigenvalue weighted by molar-refractivity contribution is 0.211. The van der Waals surface area contributed by atoms with Crippen molar-refractivity contribution in [2.24, 2.45) is 0 Å². The molecule has 0 bridgehead atoms. The van der Waals surface area contributed by atoms with E-state index in [4.69, 9.17) is 4.74 Å². The first kappa shape index (κ1) is 17.3. The number of nitrogens with one attached hydrogen (secondary N) is 1. The van der Waals surface area contributed by atoms with Gasteiger partial charge in [0.15, 0.2) is 5.13 Å². The van der Waals surface area contributed by atoms with Crippen LogP contribution in [0.25, 0.3) is 11.3 Å². The summed E-state index contributed by atoms with van der Waals surface area (Å²) in [6, 6.07) is 6.97. The number of anilines is 1. The Balaban J connectivity index is 1.72. The maximum atomic E-state index is 12.5. The first-order valence-electron chi connectivity index (χ1n) is 7.90. The molecule has 24 heavy (non-hydrogen) atoms. The van der Waals surface area contributed by atoms with Crippen LogP contribution in [-0.4, -0.2) is 51.1 Å². The van der Waals surface area contributed by atoms with Crippen molar-refractivity contribution < 1.29 is 13.2 Å². The predicted molar refractivity (Wildman–Crippen MR) is 95.9 cm³/mol. The van der Waals surface area contributed by atoms with Crippen LogP contribution in [0.2, 0.25) is 0 Å². The van der Waals surface area contributed by atoms with Gasteiger partial charge in [0, 0.05) is 37.7 Å². The van der Waals surface area contributed by atoms with Gasteiger partial charge < -0.3 is 10.1 Å². The van der Waals surface area contributed by atoms with Gasteiger partial charge in [-0.15, -0.1) is 11.3 Å². The van der Waals surface area contributed by atoms with E-state index < -0.39 is 10.0 Å². The van der Waals surface area contributed by atoms with Crippen LogP contribution in [0.15, 0.2) is 34.5 Å². The molecule has 1 aliphatic heterocycles. The van der Waals surface area contributed by atoms with Gasteiger partial charge in [0.2, 0.25) is 10.0 Å². The van der Waals surface area contributed by atoms with E-state index in [1.165, 1.54) is 11.3 Å². The molecule has 2 aromatic rings. The molecule has 1 aromatic carbocycles. The highest BCUT2D eigenvalue weighted by Gasteiger charge is 2.26. The molecule has 6 nitrogen and oxygen atoms in total. The van der Waals surface area contributed by atoms with Crippen molar-refractivity contribution in [2.75, 3.05) is 38.7 Å². The van der Waals surface area contributed by atoms with E-state index in [0.717, 1.165) is 29.2 Å². The lowest BCUT2D eigenvalue weighted by Crippen LogP contribution is -2.27. The Labute approximate surface area is 146 Å². The van der Waals surface area contributed by atoms with Crippen molar-refractivity contribution >= 4 is 26.5 Å². The molecule has 0 spiro atoms. The normalized spacial score (nSPS) is 15.7. The van der Waals surface area contributed by atoms with Gasteiger partial charge in [-0.3, -0.25) is 0 Å². The first-order chi connectivity index (χ1) is 11.6. The molecular weight excluding hydrogens is 346 g/mol. The average Bonchev–Trinajstić information content (AvgIpc) is 3.27. The zero-order valence-corrected chi connectivity index (χ0v) is 15.2. The predicted octanol–water partition coefficient (Wildman–Crippen LogP) is 2.65. The Kier molecular flexibility index (Phi) is 5.50. The number of rotatable bonds is 7. The van der Waals surface area contributed by atoms with Crippen LogP contribution in [0.1, 0.15) is 12.8 Å². The van der Waals surface area contributed by atoms with Gasteiger partial charge in [0.05, 0.1) is 17.2 Å². The zero-order valence-electron chi connectivity index (χ0n) is 13.6. The maximum absolute atomic E-state index is 12.5. The Bertz CT molecular complexity index is 766. The van der Waals surface area contributed by atoms with Crippen molar-refractivity contribution in [3.63, 3.8) is 0 Å². The number of ether oxygens (including phenoxy) is 1. The van der Waals surface area contributed by atoms with E-state index in [-0.39, 0.29) is 0 Å². The number of benzene rings is 1. The van der Waals surface area contributed by atoms with Crippen molar-refractivity contribution in [3.05, 3.63) is 29.6 Å². The molecule has 1 aliphatic rings. The third kappa shape index (κ3) is 3.77. The highest BCUT2D eigenvalue weighted by Crippen LogP contribution is 2.27. The standard InChI is InChI=1S/C16H21N3O3S2/c1-22-11-8-17-16-18-15(12-23-16)13-4-6-14(7-5-13)24(20,21)19-9-2-3-10-19/h4-7,12H,2-3,8-11H2,1H3,(H,17,18). The monoisotopic (exact) mass is 367 g/mol. The molecule has 2 heterocycles. The summed E-state index contributed by atoms with van der Waals surface area (Å²) in [5, 5.41) is 5.98. The van der Waals surface area contributed by atoms with Crippen LogP contribution in [0.5, 0.6) is 0 Å². The van der Waals surface area contributed by atoms with E-state index in [9.17, 15) is 8.42 Å². The van der Waals surface area contributed by atoms with Crippen LogP contribution in [-0.2, 0) is 14.8 Å². The largest absolute Gasteiger partial charge is 0.383 e. The molecule has 1 saturated heterocycles. The van der Waals surface area contributed by atoms with Gasteiger partial charge in [0.1, 0.15) is 0 Å². The highest BCUT2D eigenvalue weighted by atomic mass is 32.2. The van der Waals surface area contributed by atoms with Gasteiger partial charge >= 0.3 is 0 Å². The molecule has 0 radical (unpaired) electrons. The summed E-state index contributed by atoms with van der Waals surface area (Å²) in [6.07, 6.45) is 1.88. The Morgan fingerprint density at radius 3 is 2.62 bits per heavy atom. The number of aromatic nitrogens is 1. The van der Waals surface area contributed by atoms with Gasteiger partial charge in [-0.05, 0) is 25.0 Å². The summed E-state index contributed by atoms with van der Waals surface area (Å²) >= 11 is 1.52. The van der Waals surface area contributed by atoms with E-state index in [1.807, 2.05) is 17.5 Å². The van der Waals surface area contributed by atoms with Crippen LogP contribution in [0.3, 0.4) is 0 Å². The zero-order chi connectivity index (χ0) is 17.0. The van der Waals surface area contributed by atoms with E-state index in [0.29, 0.717) is 31.1 Å². The molecule has 3 rings (SSSR count). The quantitative estimate of drug-likeness (QED) is 0.762. The summed E-state index contributed by atoms with van der Waals surface area (Å²) in [6.45, 7) is 2.56. The number of thiazole rings is 1. The lowest BCUT2D eigenvalue weighted by Gasteiger charge is -2.15. The molecule has 0 saturated carbocycles. The lowest BCUT2D eigenvalue weighted by atomic mass is 10.2. The fraction of sp³-hybridized carbons (Fsp3) is 0.438. The second kappa shape index (κ2) is 7.60. The topological polar surface area (TPSA) is 71.5 Å². The molecule has 1 aromatic heterocycles. The number of hydrogen-bond acceptors (Lipinski definition) is 6. The third-order valence-electron chi connectivity index (χ3n) is 3.94. The van der Waals surface area contributed by atoms with Gasteiger partial charge in [0.25, 0.3) is 0 Å². The summed E-state index contributed by atoms with van der Waals surface area (Å²) in [5.74, 6) is 0. The van der Waals surface area contributed by atoms with Crippen LogP contribution in [0, 0.1) is 0 Å². The first-order valence-corrected chi connectivity index (χ1v) is 10.2. The Morgan fingerprint density at radius 1 is 1.25 bits per heavy atom. The minimum Gasteiger partial charge on any atom is -0.383 e. The summed E-state index contributed by atoms with van der Waals surface area (Å²) in [7, 11) is -1.70. The SMILES string of the molecule is COCCNc1nc(-c2ccc(S(=O)(=O)N3CCCC3)cc2)cs1. The number of methoxy groups -OCH3 is 1. The van der Waals surface area contributed by atoms with Crippen molar-refractivity contribution in [2.45, 2.75) is 17.7 Å². The smallest absolute Gasteiger partial charge is 0.243 e. The summed E-state index contributed by atoms with van der Waals surface area (Å²) in [5.41, 5.74) is 1.75. The average molecular weight is 367 g/mol. The second-order valence-electron chi connectivity index (χ2n) is 5.59. The number of sulfonamides is 1. The molecule has 0 aliphatic carbocycles. The number of hydrogen-bond donors (Lipinski definition) is 1. The highest BCUT2D eigenvalue weighted by molar-refractivity contribution is 7.89. The molecular formula is C16H21N3O3S2. The maximum Gasteiger partial charge on any atom is 0.243 e. The molecule has 0 unspecified atom stereocenters. The Hall–Kier alpha value is -1.48. The van der Waals surface area contributed by atoms with E-state index in [1.54, 1.807) is 23.5 Å². The van der Waals surface area contributed by atoms with Crippen molar-refractivity contribution in [3.8, 4) is 11.3 Å². The van der Waals surface area contributed by atoms with Crippen molar-refractivity contribution in [1.29, 1.82) is 0 Å². The fourth-order valence-corrected chi connectivity index (χ4v) is 4.89. The van der Waals surface area contributed by atoms with Crippen LogP contribution in [0.4, 0.5) is 5.13 Å². The molecule has 130 valence electrons. The molecule has 0 atom stereocenters. The summed E-state index contributed by atoms with van der Waals surface area (Å²) in [4.78, 5) is 4.86. The van der Waals surface area contributed by atoms with Gasteiger partial charge in [-0.25, -0.2) is 13.4 Å². The fourth-order valence-electron chi connectivity index (χ4n) is 2.62. The van der Waals surface area contributed by atoms with Crippen LogP contribution < -0.4 is 5.32 Å². The van der Waals surface area contributed by atoms with E-state index >= 15 is 0 Å². The molecule has 1 fully saturated rings. The van der Waals surface area contributed by atoms with Gasteiger partial charge in [-0.1, -0.05) is 12.1 Å². The summed E-state index contributed by atoms with van der Waals surface area (Å²) < 4.78 is 31.6. The minimum atomic E-state index is -3.36. The second-order valence-corrected chi connectivity index (χ2v) is 8.39. The van der Waals surface area contributed by atoms with E-state index in [2.05, 4.69) is 10.3 Å². The molecule has 0 amide bonds. The molecule has 1 N–H and O–H groups in total. The van der Waals surface area contributed by atoms with Crippen LogP contribution >= 0.6 is 11.3 Å². The Morgan fingerprint density at radius 2 is 1.96 bits per heavy atom. The van der Waals surface area contributed by atoms with Gasteiger partial charge in [-0.2, -0.15) is 4.31 Å². The molecule has 8 heteroatoms. The number of nitrogens with zero attached hydrogens (tertiary/aromatic N) is 2. The third-order valence-corrected chi connectivity index (χ3v) is 6.65. The van der Waals surface area contributed by atoms with Crippen molar-refractivity contribution in [1.82, 2.24) is 9.29 Å².